The minimum absolute atomic E-state index is 0.0667. The lowest BCUT2D eigenvalue weighted by molar-refractivity contribution is -0.139. The number of urea groups is 1. The molecule has 7 nitrogen and oxygen atoms in total. The van der Waals surface area contributed by atoms with Crippen molar-refractivity contribution in [3.63, 3.8) is 0 Å². The van der Waals surface area contributed by atoms with Crippen LogP contribution in [0.1, 0.15) is 16.7 Å². The largest absolute Gasteiger partial charge is 0.482 e. The van der Waals surface area contributed by atoms with Gasteiger partial charge >= 0.3 is 18.2 Å². The summed E-state index contributed by atoms with van der Waals surface area (Å²) < 4.78 is 43.3. The van der Waals surface area contributed by atoms with E-state index in [4.69, 9.17) is 9.84 Å². The monoisotopic (exact) mass is 424 g/mol. The van der Waals surface area contributed by atoms with Crippen LogP contribution in [0.5, 0.6) is 5.75 Å². The molecule has 0 spiro atoms. The first-order valence-corrected chi connectivity index (χ1v) is 8.94. The van der Waals surface area contributed by atoms with Gasteiger partial charge in [-0.15, -0.1) is 0 Å². The van der Waals surface area contributed by atoms with E-state index in [2.05, 4.69) is 0 Å². The normalized spacial score (nSPS) is 16.8. The zero-order valence-electron chi connectivity index (χ0n) is 15.9. The maximum atomic E-state index is 12.7. The van der Waals surface area contributed by atoms with E-state index in [1.54, 1.807) is 25.1 Å². The lowest BCUT2D eigenvalue weighted by atomic mass is 10.1. The van der Waals surface area contributed by atoms with E-state index in [0.717, 1.165) is 12.1 Å². The van der Waals surface area contributed by atoms with Crippen molar-refractivity contribution in [3.8, 4) is 5.75 Å². The molecule has 0 aromatic heterocycles. The molecular formula is C20H19F3N2O5. The number of nitrogens with zero attached hydrogens (tertiary/aromatic N) is 2. The van der Waals surface area contributed by atoms with E-state index in [1.165, 1.54) is 21.9 Å². The summed E-state index contributed by atoms with van der Waals surface area (Å²) in [5, 5.41) is 19.0. The molecular weight excluding hydrogens is 405 g/mol. The Labute approximate surface area is 169 Å². The molecule has 1 heterocycles. The number of rotatable bonds is 6. The first-order chi connectivity index (χ1) is 14.1. The molecule has 3 rings (SSSR count). The molecule has 2 N–H and O–H groups in total. The molecule has 2 amide bonds. The minimum atomic E-state index is -4.47. The van der Waals surface area contributed by atoms with Gasteiger partial charge in [0, 0.05) is 5.69 Å². The van der Waals surface area contributed by atoms with Crippen LogP contribution in [-0.4, -0.2) is 46.5 Å². The van der Waals surface area contributed by atoms with Crippen molar-refractivity contribution < 1.29 is 37.7 Å². The number of halogens is 3. The van der Waals surface area contributed by atoms with E-state index in [1.807, 2.05) is 0 Å². The van der Waals surface area contributed by atoms with Crippen molar-refractivity contribution in [1.82, 2.24) is 4.90 Å². The minimum Gasteiger partial charge on any atom is -0.482 e. The quantitative estimate of drug-likeness (QED) is 0.743. The van der Waals surface area contributed by atoms with Crippen molar-refractivity contribution >= 4 is 17.7 Å². The second kappa shape index (κ2) is 8.23. The number of anilines is 1. The highest BCUT2D eigenvalue weighted by molar-refractivity contribution is 5.94. The van der Waals surface area contributed by atoms with Gasteiger partial charge in [0.1, 0.15) is 12.0 Å². The first kappa shape index (κ1) is 21.4. The van der Waals surface area contributed by atoms with Crippen LogP contribution in [-0.2, 0) is 17.5 Å². The summed E-state index contributed by atoms with van der Waals surface area (Å²) in [5.41, 5.74) is 0.769. The number of aryl methyl sites for hydroxylation is 1. The molecule has 1 unspecified atom stereocenters. The SMILES string of the molecule is Cc1cc(CN2C(=O)N(c3ccc(C(F)(F)F)cc3)CC2O)ccc1OCC(=O)O. The third-order valence-electron chi connectivity index (χ3n) is 4.63. The van der Waals surface area contributed by atoms with Gasteiger partial charge in [-0.05, 0) is 48.4 Å². The smallest absolute Gasteiger partial charge is 0.416 e. The molecule has 160 valence electrons. The second-order valence-electron chi connectivity index (χ2n) is 6.83. The van der Waals surface area contributed by atoms with E-state index < -0.39 is 36.6 Å². The molecule has 0 bridgehead atoms. The predicted molar refractivity (Wildman–Crippen MR) is 100 cm³/mol. The number of aliphatic carboxylic acids is 1. The highest BCUT2D eigenvalue weighted by atomic mass is 19.4. The topological polar surface area (TPSA) is 90.3 Å². The average Bonchev–Trinajstić information content (AvgIpc) is 2.95. The fourth-order valence-electron chi connectivity index (χ4n) is 3.15. The predicted octanol–water partition coefficient (Wildman–Crippen LogP) is 3.24. The summed E-state index contributed by atoms with van der Waals surface area (Å²) in [6.45, 7) is 1.23. The molecule has 2 aromatic carbocycles. The van der Waals surface area contributed by atoms with Crippen LogP contribution in [0.25, 0.3) is 0 Å². The number of carboxylic acids is 1. The van der Waals surface area contributed by atoms with Gasteiger partial charge < -0.3 is 14.9 Å². The highest BCUT2D eigenvalue weighted by Gasteiger charge is 2.37. The Morgan fingerprint density at radius 2 is 1.87 bits per heavy atom. The molecule has 0 saturated carbocycles. The van der Waals surface area contributed by atoms with Gasteiger partial charge in [-0.3, -0.25) is 9.80 Å². The molecule has 2 aromatic rings. The van der Waals surface area contributed by atoms with Crippen molar-refractivity contribution in [2.75, 3.05) is 18.1 Å². The van der Waals surface area contributed by atoms with Crippen LogP contribution in [0.15, 0.2) is 42.5 Å². The maximum Gasteiger partial charge on any atom is 0.416 e. The summed E-state index contributed by atoms with van der Waals surface area (Å²) in [5.74, 6) is -0.714. The number of aliphatic hydroxyl groups excluding tert-OH is 1. The molecule has 10 heteroatoms. The standard InChI is InChI=1S/C20H19F3N2O5/c1-12-8-13(2-7-16(12)30-11-18(27)28)9-25-17(26)10-24(19(25)29)15-5-3-14(4-6-15)20(21,22)23/h2-8,17,26H,9-11H2,1H3,(H,27,28). The van der Waals surface area contributed by atoms with Crippen molar-refractivity contribution in [1.29, 1.82) is 0 Å². The molecule has 1 fully saturated rings. The number of carbonyl (C=O) groups excluding carboxylic acids is 1. The van der Waals surface area contributed by atoms with Crippen molar-refractivity contribution in [2.24, 2.45) is 0 Å². The zero-order valence-corrected chi connectivity index (χ0v) is 15.9. The van der Waals surface area contributed by atoms with Crippen molar-refractivity contribution in [3.05, 3.63) is 59.2 Å². The number of amides is 2. The Kier molecular flexibility index (Phi) is 5.88. The zero-order chi connectivity index (χ0) is 22.1. The van der Waals surface area contributed by atoms with E-state index in [-0.39, 0.29) is 18.8 Å². The van der Waals surface area contributed by atoms with Crippen LogP contribution in [0.2, 0.25) is 0 Å². The number of carboxylic acid groups (broad SMARTS) is 1. The van der Waals surface area contributed by atoms with Crippen LogP contribution in [0.4, 0.5) is 23.7 Å². The van der Waals surface area contributed by atoms with Gasteiger partial charge in [0.15, 0.2) is 6.61 Å². The molecule has 1 aliphatic rings. The second-order valence-corrected chi connectivity index (χ2v) is 6.83. The van der Waals surface area contributed by atoms with Crippen LogP contribution in [0.3, 0.4) is 0 Å². The Bertz CT molecular complexity index is 946. The van der Waals surface area contributed by atoms with Gasteiger partial charge in [-0.2, -0.15) is 13.2 Å². The Hall–Kier alpha value is -3.27. The number of hydrogen-bond donors (Lipinski definition) is 2. The lowest BCUT2D eigenvalue weighted by Gasteiger charge is -2.21. The first-order valence-electron chi connectivity index (χ1n) is 8.94. The third kappa shape index (κ3) is 4.65. The highest BCUT2D eigenvalue weighted by Crippen LogP contribution is 2.32. The number of alkyl halides is 3. The number of ether oxygens (including phenoxy) is 1. The van der Waals surface area contributed by atoms with E-state index in [0.29, 0.717) is 16.9 Å². The van der Waals surface area contributed by atoms with Gasteiger partial charge in [0.05, 0.1) is 18.7 Å². The van der Waals surface area contributed by atoms with Gasteiger partial charge in [0.25, 0.3) is 0 Å². The third-order valence-corrected chi connectivity index (χ3v) is 4.63. The van der Waals surface area contributed by atoms with Crippen LogP contribution < -0.4 is 9.64 Å². The fraction of sp³-hybridized carbons (Fsp3) is 0.300. The van der Waals surface area contributed by atoms with E-state index >= 15 is 0 Å². The summed E-state index contributed by atoms with van der Waals surface area (Å²) in [7, 11) is 0. The van der Waals surface area contributed by atoms with Gasteiger partial charge in [-0.1, -0.05) is 12.1 Å². The van der Waals surface area contributed by atoms with Crippen LogP contribution >= 0.6 is 0 Å². The number of benzene rings is 2. The van der Waals surface area contributed by atoms with Gasteiger partial charge in [-0.25, -0.2) is 9.59 Å². The number of aliphatic hydroxyl groups is 1. The Morgan fingerprint density at radius 1 is 1.20 bits per heavy atom. The molecule has 0 radical (unpaired) electrons. The summed E-state index contributed by atoms with van der Waals surface area (Å²) in [4.78, 5) is 25.7. The van der Waals surface area contributed by atoms with E-state index in [9.17, 15) is 27.9 Å². The molecule has 30 heavy (non-hydrogen) atoms. The van der Waals surface area contributed by atoms with Crippen molar-refractivity contribution in [2.45, 2.75) is 25.9 Å². The average molecular weight is 424 g/mol. The molecule has 0 aliphatic carbocycles. The fourth-order valence-corrected chi connectivity index (χ4v) is 3.15. The van der Waals surface area contributed by atoms with Crippen LogP contribution in [0, 0.1) is 6.92 Å². The molecule has 1 aliphatic heterocycles. The Balaban J connectivity index is 1.71. The Morgan fingerprint density at radius 3 is 2.43 bits per heavy atom. The number of carbonyl (C=O) groups is 2. The lowest BCUT2D eigenvalue weighted by Crippen LogP contribution is -2.34. The number of hydrogen-bond acceptors (Lipinski definition) is 4. The molecule has 1 atom stereocenters. The molecule has 1 saturated heterocycles. The van der Waals surface area contributed by atoms with Gasteiger partial charge in [0.2, 0.25) is 0 Å². The summed E-state index contributed by atoms with van der Waals surface area (Å²) in [6, 6.07) is 8.54. The summed E-state index contributed by atoms with van der Waals surface area (Å²) >= 11 is 0. The maximum absolute atomic E-state index is 12.7. The number of β-amino-alcohol motifs (C(OH)–C–C–N with tert-alkyl or cyclic N) is 1. The summed E-state index contributed by atoms with van der Waals surface area (Å²) in [6.07, 6.45) is -5.61.